The van der Waals surface area contributed by atoms with Crippen LogP contribution in [0, 0.1) is 0 Å². The number of carbonyl (C=O) groups excluding carboxylic acids is 2. The molecule has 3 aromatic carbocycles. The monoisotopic (exact) mass is 576 g/mol. The van der Waals surface area contributed by atoms with E-state index in [0.717, 1.165) is 65.4 Å². The second-order valence-electron chi connectivity index (χ2n) is 10.3. The molecular formula is C33H40N2O7. The summed E-state index contributed by atoms with van der Waals surface area (Å²) in [5, 5.41) is 12.5. The van der Waals surface area contributed by atoms with Crippen LogP contribution in [0.5, 0.6) is 28.7 Å². The van der Waals surface area contributed by atoms with Crippen LogP contribution in [0.1, 0.15) is 67.3 Å². The van der Waals surface area contributed by atoms with Gasteiger partial charge in [0.1, 0.15) is 28.7 Å². The maximum Gasteiger partial charge on any atom is 0.223 e. The van der Waals surface area contributed by atoms with Crippen LogP contribution in [-0.2, 0) is 16.1 Å². The van der Waals surface area contributed by atoms with Crippen molar-refractivity contribution in [2.45, 2.75) is 57.2 Å². The second-order valence-corrected chi connectivity index (χ2v) is 10.3. The minimum atomic E-state index is -0.0962. The molecule has 2 fully saturated rings. The molecule has 2 aliphatic heterocycles. The smallest absolute Gasteiger partial charge is 0.223 e. The van der Waals surface area contributed by atoms with Crippen molar-refractivity contribution in [3.63, 3.8) is 0 Å². The Balaban J connectivity index is 0.000000208. The van der Waals surface area contributed by atoms with Crippen molar-refractivity contribution in [3.05, 3.63) is 77.4 Å². The van der Waals surface area contributed by atoms with E-state index < -0.39 is 0 Å². The van der Waals surface area contributed by atoms with Crippen LogP contribution in [0.4, 0.5) is 0 Å². The molecule has 2 heterocycles. The highest BCUT2D eigenvalue weighted by Gasteiger charge is 2.33. The average molecular weight is 577 g/mol. The lowest BCUT2D eigenvalue weighted by Crippen LogP contribution is -2.38. The van der Waals surface area contributed by atoms with E-state index in [9.17, 15) is 14.7 Å². The van der Waals surface area contributed by atoms with Crippen LogP contribution in [0.15, 0.2) is 60.7 Å². The number of ether oxygens (including phenoxy) is 4. The highest BCUT2D eigenvalue weighted by atomic mass is 16.5. The standard InChI is InChI=1S/C20H23NO4.C13H17NO3/c1-24-17-6-4-7-18(25-2)20(17)16-5-3-8-19(23)21(16)13-14-9-11-15(22)12-10-14;1-16-10-6-4-7-11(17-2)13(10)9-5-3-8-12(15)14-9/h4,6-7,9-12,16,22H,3,5,8,13H2,1-2H3;4,6-7,9H,3,5,8H2,1-2H3,(H,14,15). The van der Waals surface area contributed by atoms with Gasteiger partial charge in [-0.1, -0.05) is 24.3 Å². The summed E-state index contributed by atoms with van der Waals surface area (Å²) in [5.74, 6) is 3.42. The summed E-state index contributed by atoms with van der Waals surface area (Å²) in [6.07, 6.45) is 4.68. The van der Waals surface area contributed by atoms with E-state index in [4.69, 9.17) is 18.9 Å². The van der Waals surface area contributed by atoms with Crippen LogP contribution >= 0.6 is 0 Å². The minimum absolute atomic E-state index is 0.0117. The molecule has 0 bridgehead atoms. The first-order chi connectivity index (χ1) is 20.4. The van der Waals surface area contributed by atoms with Gasteiger partial charge in [-0.05, 0) is 67.6 Å². The molecule has 42 heavy (non-hydrogen) atoms. The van der Waals surface area contributed by atoms with Crippen molar-refractivity contribution < 1.29 is 33.6 Å². The SMILES string of the molecule is COc1cccc(OC)c1C1CCCC(=O)N1.COc1cccc(OC)c1C1CCCC(=O)N1Cc1ccc(O)cc1. The third kappa shape index (κ3) is 7.08. The predicted molar refractivity (Wildman–Crippen MR) is 159 cm³/mol. The molecule has 9 heteroatoms. The lowest BCUT2D eigenvalue weighted by molar-refractivity contribution is -0.137. The number of likely N-dealkylation sites (tertiary alicyclic amines) is 1. The molecule has 2 aliphatic rings. The van der Waals surface area contributed by atoms with E-state index in [1.165, 1.54) is 0 Å². The van der Waals surface area contributed by atoms with Crippen molar-refractivity contribution in [1.29, 1.82) is 0 Å². The highest BCUT2D eigenvalue weighted by Crippen LogP contribution is 2.42. The van der Waals surface area contributed by atoms with Crippen molar-refractivity contribution in [1.82, 2.24) is 10.2 Å². The number of rotatable bonds is 8. The number of phenols is 1. The summed E-state index contributed by atoms with van der Waals surface area (Å²) in [6, 6.07) is 18.2. The molecule has 2 unspecified atom stereocenters. The summed E-state index contributed by atoms with van der Waals surface area (Å²) in [4.78, 5) is 26.0. The fraction of sp³-hybridized carbons (Fsp3) is 0.394. The number of methoxy groups -OCH3 is 4. The summed E-state index contributed by atoms with van der Waals surface area (Å²) >= 11 is 0. The third-order valence-electron chi connectivity index (χ3n) is 7.70. The van der Waals surface area contributed by atoms with Crippen molar-refractivity contribution in [3.8, 4) is 28.7 Å². The topological polar surface area (TPSA) is 107 Å². The van der Waals surface area contributed by atoms with Gasteiger partial charge in [0.2, 0.25) is 11.8 Å². The predicted octanol–water partition coefficient (Wildman–Crippen LogP) is 5.71. The summed E-state index contributed by atoms with van der Waals surface area (Å²) < 4.78 is 21.8. The van der Waals surface area contributed by atoms with Gasteiger partial charge in [-0.2, -0.15) is 0 Å². The van der Waals surface area contributed by atoms with E-state index >= 15 is 0 Å². The number of aromatic hydroxyl groups is 1. The number of benzene rings is 3. The Morgan fingerprint density at radius 3 is 1.79 bits per heavy atom. The Morgan fingerprint density at radius 1 is 0.738 bits per heavy atom. The van der Waals surface area contributed by atoms with Gasteiger partial charge in [-0.15, -0.1) is 0 Å². The third-order valence-corrected chi connectivity index (χ3v) is 7.70. The fourth-order valence-electron chi connectivity index (χ4n) is 5.67. The molecule has 5 rings (SSSR count). The number of carbonyl (C=O) groups is 2. The van der Waals surface area contributed by atoms with Gasteiger partial charge in [0.15, 0.2) is 0 Å². The molecule has 0 aliphatic carbocycles. The zero-order valence-corrected chi connectivity index (χ0v) is 24.7. The van der Waals surface area contributed by atoms with Gasteiger partial charge < -0.3 is 34.3 Å². The zero-order chi connectivity index (χ0) is 30.1. The maximum atomic E-state index is 12.6. The second kappa shape index (κ2) is 14.5. The molecule has 224 valence electrons. The van der Waals surface area contributed by atoms with Gasteiger partial charge in [0.25, 0.3) is 0 Å². The van der Waals surface area contributed by atoms with Crippen LogP contribution in [0.25, 0.3) is 0 Å². The lowest BCUT2D eigenvalue weighted by atomic mass is 9.92. The van der Waals surface area contributed by atoms with Gasteiger partial charge in [-0.25, -0.2) is 0 Å². The first kappa shape index (κ1) is 30.6. The van der Waals surface area contributed by atoms with E-state index in [2.05, 4.69) is 5.32 Å². The van der Waals surface area contributed by atoms with Gasteiger partial charge in [0.05, 0.1) is 51.6 Å². The van der Waals surface area contributed by atoms with Crippen molar-refractivity contribution in [2.24, 2.45) is 0 Å². The number of phenolic OH excluding ortho intramolecular Hbond substituents is 1. The van der Waals surface area contributed by atoms with Crippen LogP contribution < -0.4 is 24.3 Å². The largest absolute Gasteiger partial charge is 0.508 e. The molecule has 0 saturated carbocycles. The van der Waals surface area contributed by atoms with E-state index in [1.807, 2.05) is 53.4 Å². The van der Waals surface area contributed by atoms with E-state index in [1.54, 1.807) is 40.6 Å². The highest BCUT2D eigenvalue weighted by molar-refractivity contribution is 5.78. The molecule has 3 aromatic rings. The van der Waals surface area contributed by atoms with Crippen molar-refractivity contribution >= 4 is 11.8 Å². The molecule has 2 amide bonds. The number of nitrogens with one attached hydrogen (secondary N) is 1. The molecule has 2 atom stereocenters. The molecule has 0 spiro atoms. The van der Waals surface area contributed by atoms with E-state index in [0.29, 0.717) is 19.4 Å². The number of piperidine rings is 2. The lowest BCUT2D eigenvalue weighted by Gasteiger charge is -2.37. The number of hydrogen-bond acceptors (Lipinski definition) is 7. The summed E-state index contributed by atoms with van der Waals surface area (Å²) in [5.41, 5.74) is 2.83. The first-order valence-electron chi connectivity index (χ1n) is 14.2. The van der Waals surface area contributed by atoms with Crippen LogP contribution in [0.2, 0.25) is 0 Å². The van der Waals surface area contributed by atoms with Gasteiger partial charge in [-0.3, -0.25) is 9.59 Å². The maximum absolute atomic E-state index is 12.6. The number of nitrogens with zero attached hydrogens (tertiary/aromatic N) is 1. The molecular weight excluding hydrogens is 536 g/mol. The molecule has 2 N–H and O–H groups in total. The number of amides is 2. The summed E-state index contributed by atoms with van der Waals surface area (Å²) in [7, 11) is 6.52. The molecule has 2 saturated heterocycles. The van der Waals surface area contributed by atoms with Crippen LogP contribution in [0.3, 0.4) is 0 Å². The average Bonchev–Trinajstić information content (AvgIpc) is 3.02. The fourth-order valence-corrected chi connectivity index (χ4v) is 5.67. The molecule has 0 aromatic heterocycles. The minimum Gasteiger partial charge on any atom is -0.508 e. The van der Waals surface area contributed by atoms with Gasteiger partial charge >= 0.3 is 0 Å². The Bertz CT molecular complexity index is 1310. The summed E-state index contributed by atoms with van der Waals surface area (Å²) in [6.45, 7) is 0.491. The Hall–Kier alpha value is -4.40. The normalized spacial score (nSPS) is 18.3. The van der Waals surface area contributed by atoms with Crippen LogP contribution in [-0.4, -0.2) is 50.3 Å². The number of hydrogen-bond donors (Lipinski definition) is 2. The quantitative estimate of drug-likeness (QED) is 0.354. The Kier molecular flexibility index (Phi) is 10.5. The van der Waals surface area contributed by atoms with Gasteiger partial charge in [0, 0.05) is 19.4 Å². The van der Waals surface area contributed by atoms with E-state index in [-0.39, 0.29) is 29.6 Å². The zero-order valence-electron chi connectivity index (χ0n) is 24.7. The first-order valence-corrected chi connectivity index (χ1v) is 14.2. The Labute approximate surface area is 247 Å². The van der Waals surface area contributed by atoms with Crippen molar-refractivity contribution in [2.75, 3.05) is 28.4 Å². The Morgan fingerprint density at radius 2 is 1.26 bits per heavy atom. The molecule has 9 nitrogen and oxygen atoms in total. The molecule has 0 radical (unpaired) electrons.